The second-order valence-corrected chi connectivity index (χ2v) is 6.54. The summed E-state index contributed by atoms with van der Waals surface area (Å²) >= 11 is 6.03. The van der Waals surface area contributed by atoms with Gasteiger partial charge in [-0.1, -0.05) is 41.9 Å². The van der Waals surface area contributed by atoms with Gasteiger partial charge in [-0.15, -0.1) is 0 Å². The Hall–Kier alpha value is -3.31. The van der Waals surface area contributed by atoms with Crippen molar-refractivity contribution in [1.29, 1.82) is 0 Å². The van der Waals surface area contributed by atoms with Crippen LogP contribution < -0.4 is 10.1 Å². The van der Waals surface area contributed by atoms with Gasteiger partial charge in [-0.3, -0.25) is 9.59 Å². The number of rotatable bonds is 6. The molecule has 0 aliphatic carbocycles. The van der Waals surface area contributed by atoms with Gasteiger partial charge in [0.15, 0.2) is 0 Å². The van der Waals surface area contributed by atoms with Crippen LogP contribution in [-0.4, -0.2) is 30.3 Å². The van der Waals surface area contributed by atoms with E-state index in [0.29, 0.717) is 22.0 Å². The number of amides is 2. The van der Waals surface area contributed by atoms with Crippen LogP contribution in [0.25, 0.3) is 0 Å². The van der Waals surface area contributed by atoms with E-state index in [2.05, 4.69) is 5.32 Å². The lowest BCUT2D eigenvalue weighted by Gasteiger charge is -2.17. The maximum atomic E-state index is 12.5. The van der Waals surface area contributed by atoms with Crippen LogP contribution in [0.4, 0.5) is 5.69 Å². The number of ether oxygens (including phenoxy) is 1. The third-order valence-corrected chi connectivity index (χ3v) is 4.29. The number of para-hydroxylation sites is 2. The van der Waals surface area contributed by atoms with Crippen molar-refractivity contribution < 1.29 is 14.3 Å². The summed E-state index contributed by atoms with van der Waals surface area (Å²) < 4.78 is 5.71. The second-order valence-electron chi connectivity index (χ2n) is 6.13. The molecule has 0 radical (unpaired) electrons. The summed E-state index contributed by atoms with van der Waals surface area (Å²) in [6, 6.07) is 23.1. The van der Waals surface area contributed by atoms with Crippen LogP contribution >= 0.6 is 11.6 Å². The molecule has 6 heteroatoms. The minimum absolute atomic E-state index is 0.0909. The van der Waals surface area contributed by atoms with Gasteiger partial charge in [0.2, 0.25) is 5.91 Å². The van der Waals surface area contributed by atoms with Gasteiger partial charge in [0.05, 0.1) is 17.3 Å². The van der Waals surface area contributed by atoms with E-state index in [-0.39, 0.29) is 18.4 Å². The Labute approximate surface area is 168 Å². The molecular weight excluding hydrogens is 376 g/mol. The van der Waals surface area contributed by atoms with Crippen molar-refractivity contribution in [2.24, 2.45) is 0 Å². The predicted octanol–water partition coefficient (Wildman–Crippen LogP) is 4.84. The van der Waals surface area contributed by atoms with Crippen LogP contribution in [0.1, 0.15) is 10.4 Å². The topological polar surface area (TPSA) is 58.6 Å². The highest BCUT2D eigenvalue weighted by atomic mass is 35.5. The monoisotopic (exact) mass is 394 g/mol. The van der Waals surface area contributed by atoms with Gasteiger partial charge in [0, 0.05) is 12.6 Å². The number of likely N-dealkylation sites (N-methyl/N-ethyl adjacent to an activating group) is 1. The fourth-order valence-electron chi connectivity index (χ4n) is 2.55. The molecule has 142 valence electrons. The molecule has 0 saturated carbocycles. The number of carbonyl (C=O) groups excluding carboxylic acids is 2. The van der Waals surface area contributed by atoms with Crippen molar-refractivity contribution in [3.05, 3.63) is 89.4 Å². The lowest BCUT2D eigenvalue weighted by Crippen LogP contribution is -2.34. The highest BCUT2D eigenvalue weighted by molar-refractivity contribution is 6.33. The Kier molecular flexibility index (Phi) is 6.29. The standard InChI is InChI=1S/C22H19ClN2O3/c1-25(15-21(26)24-20-10-6-5-9-19(20)23)22(27)16-11-13-18(14-12-16)28-17-7-3-2-4-8-17/h2-14H,15H2,1H3,(H,24,26). The molecule has 1 N–H and O–H groups in total. The number of hydrogen-bond donors (Lipinski definition) is 1. The zero-order valence-electron chi connectivity index (χ0n) is 15.3. The van der Waals surface area contributed by atoms with E-state index in [4.69, 9.17) is 16.3 Å². The Bertz CT molecular complexity index is 959. The first kappa shape index (κ1) is 19.5. The molecule has 3 aromatic rings. The number of nitrogens with one attached hydrogen (secondary N) is 1. The lowest BCUT2D eigenvalue weighted by molar-refractivity contribution is -0.116. The largest absolute Gasteiger partial charge is 0.457 e. The van der Waals surface area contributed by atoms with Crippen LogP contribution in [0.15, 0.2) is 78.9 Å². The molecule has 5 nitrogen and oxygen atoms in total. The van der Waals surface area contributed by atoms with Crippen molar-refractivity contribution in [3.8, 4) is 11.5 Å². The highest BCUT2D eigenvalue weighted by Crippen LogP contribution is 2.22. The molecule has 0 aliphatic heterocycles. The maximum absolute atomic E-state index is 12.5. The normalized spacial score (nSPS) is 10.2. The molecule has 3 rings (SSSR count). The fraction of sp³-hybridized carbons (Fsp3) is 0.0909. The van der Waals surface area contributed by atoms with Gasteiger partial charge in [0.25, 0.3) is 5.91 Å². The first-order valence-corrected chi connectivity index (χ1v) is 9.03. The van der Waals surface area contributed by atoms with Crippen molar-refractivity contribution in [1.82, 2.24) is 4.90 Å². The average Bonchev–Trinajstić information content (AvgIpc) is 2.70. The Morgan fingerprint density at radius 1 is 0.893 bits per heavy atom. The minimum Gasteiger partial charge on any atom is -0.457 e. The predicted molar refractivity (Wildman–Crippen MR) is 110 cm³/mol. The number of anilines is 1. The molecular formula is C22H19ClN2O3. The van der Waals surface area contributed by atoms with Gasteiger partial charge in [-0.05, 0) is 48.5 Å². The molecule has 0 fully saturated rings. The smallest absolute Gasteiger partial charge is 0.254 e. The summed E-state index contributed by atoms with van der Waals surface area (Å²) in [6.07, 6.45) is 0. The molecule has 0 atom stereocenters. The fourth-order valence-corrected chi connectivity index (χ4v) is 2.73. The van der Waals surface area contributed by atoms with Crippen LogP contribution in [0, 0.1) is 0 Å². The Morgan fingerprint density at radius 3 is 2.18 bits per heavy atom. The molecule has 28 heavy (non-hydrogen) atoms. The third kappa shape index (κ3) is 5.11. The average molecular weight is 395 g/mol. The van der Waals surface area contributed by atoms with Crippen LogP contribution in [0.3, 0.4) is 0 Å². The molecule has 0 aromatic heterocycles. The van der Waals surface area contributed by atoms with E-state index in [1.807, 2.05) is 30.3 Å². The quantitative estimate of drug-likeness (QED) is 0.650. The lowest BCUT2D eigenvalue weighted by atomic mass is 10.2. The van der Waals surface area contributed by atoms with Gasteiger partial charge in [-0.25, -0.2) is 0 Å². The summed E-state index contributed by atoms with van der Waals surface area (Å²) in [5, 5.41) is 3.14. The van der Waals surface area contributed by atoms with Crippen molar-refractivity contribution in [2.45, 2.75) is 0 Å². The molecule has 0 saturated heterocycles. The number of hydrogen-bond acceptors (Lipinski definition) is 3. The number of halogens is 1. The van der Waals surface area contributed by atoms with Crippen molar-refractivity contribution in [2.75, 3.05) is 18.9 Å². The minimum atomic E-state index is -0.326. The van der Waals surface area contributed by atoms with E-state index >= 15 is 0 Å². The zero-order chi connectivity index (χ0) is 19.9. The van der Waals surface area contributed by atoms with Crippen LogP contribution in [0.5, 0.6) is 11.5 Å². The van der Waals surface area contributed by atoms with Crippen LogP contribution in [0.2, 0.25) is 5.02 Å². The number of carbonyl (C=O) groups is 2. The SMILES string of the molecule is CN(CC(=O)Nc1ccccc1Cl)C(=O)c1ccc(Oc2ccccc2)cc1. The molecule has 3 aromatic carbocycles. The first-order valence-electron chi connectivity index (χ1n) is 8.66. The number of benzene rings is 3. The highest BCUT2D eigenvalue weighted by Gasteiger charge is 2.16. The Balaban J connectivity index is 1.58. The van der Waals surface area contributed by atoms with Crippen LogP contribution in [-0.2, 0) is 4.79 Å². The summed E-state index contributed by atoms with van der Waals surface area (Å²) in [5.41, 5.74) is 0.978. The first-order chi connectivity index (χ1) is 13.5. The van der Waals surface area contributed by atoms with Gasteiger partial charge >= 0.3 is 0 Å². The Morgan fingerprint density at radius 2 is 1.50 bits per heavy atom. The summed E-state index contributed by atoms with van der Waals surface area (Å²) in [7, 11) is 1.57. The summed E-state index contributed by atoms with van der Waals surface area (Å²) in [5.74, 6) is 0.755. The molecule has 0 unspecified atom stereocenters. The molecule has 0 heterocycles. The zero-order valence-corrected chi connectivity index (χ0v) is 16.0. The second kappa shape index (κ2) is 9.06. The molecule has 0 bridgehead atoms. The van der Waals surface area contributed by atoms with E-state index in [1.165, 1.54) is 4.90 Å². The number of nitrogens with zero attached hydrogens (tertiary/aromatic N) is 1. The maximum Gasteiger partial charge on any atom is 0.254 e. The van der Waals surface area contributed by atoms with Gasteiger partial charge in [0.1, 0.15) is 11.5 Å². The molecule has 0 spiro atoms. The summed E-state index contributed by atoms with van der Waals surface area (Å²) in [4.78, 5) is 26.1. The van der Waals surface area contributed by atoms with Crippen molar-refractivity contribution in [3.63, 3.8) is 0 Å². The molecule has 2 amide bonds. The van der Waals surface area contributed by atoms with Gasteiger partial charge in [-0.2, -0.15) is 0 Å². The van der Waals surface area contributed by atoms with Crippen molar-refractivity contribution >= 4 is 29.1 Å². The van der Waals surface area contributed by atoms with E-state index < -0.39 is 0 Å². The third-order valence-electron chi connectivity index (χ3n) is 3.96. The summed E-state index contributed by atoms with van der Waals surface area (Å²) in [6.45, 7) is -0.0909. The molecule has 0 aliphatic rings. The van der Waals surface area contributed by atoms with E-state index in [1.54, 1.807) is 55.6 Å². The van der Waals surface area contributed by atoms with E-state index in [0.717, 1.165) is 5.75 Å². The van der Waals surface area contributed by atoms with Gasteiger partial charge < -0.3 is 15.0 Å². The van der Waals surface area contributed by atoms with E-state index in [9.17, 15) is 9.59 Å².